The van der Waals surface area contributed by atoms with E-state index in [4.69, 9.17) is 0 Å². The van der Waals surface area contributed by atoms with Gasteiger partial charge >= 0.3 is 12.0 Å². The lowest BCUT2D eigenvalue weighted by Crippen LogP contribution is -2.37. The average Bonchev–Trinajstić information content (AvgIpc) is 2.37. The van der Waals surface area contributed by atoms with Gasteiger partial charge in [-0.1, -0.05) is 36.4 Å². The minimum atomic E-state index is -2.00. The molecule has 1 aromatic rings. The predicted octanol–water partition coefficient (Wildman–Crippen LogP) is 1.09. The van der Waals surface area contributed by atoms with Crippen molar-refractivity contribution in [3.05, 3.63) is 52.1 Å². The summed E-state index contributed by atoms with van der Waals surface area (Å²) in [6, 6.07) is 6.76. The van der Waals surface area contributed by atoms with Gasteiger partial charge in [-0.3, -0.25) is 14.9 Å². The third kappa shape index (κ3) is 3.51. The zero-order valence-electron chi connectivity index (χ0n) is 9.61. The number of carbonyl (C=O) groups excluding carboxylic acids is 2. The number of methoxy groups -OCH3 is 1. The molecule has 6 nitrogen and oxygen atoms in total. The van der Waals surface area contributed by atoms with E-state index in [9.17, 15) is 19.7 Å². The number of hydrogen-bond acceptors (Lipinski definition) is 5. The molecule has 0 N–H and O–H groups in total. The Morgan fingerprint density at radius 3 is 2.44 bits per heavy atom. The Hall–Kier alpha value is -2.50. The standard InChI is InChI=1S/C12H11NO5/c1-18-12(15)11(13(16)17)10(14)8-7-9-5-3-2-4-6-9/h2-8,11H,1H3. The van der Waals surface area contributed by atoms with Gasteiger partial charge in [-0.25, -0.2) is 4.79 Å². The van der Waals surface area contributed by atoms with Crippen molar-refractivity contribution in [1.82, 2.24) is 0 Å². The first-order valence-electron chi connectivity index (χ1n) is 5.04. The molecule has 94 valence electrons. The van der Waals surface area contributed by atoms with E-state index in [-0.39, 0.29) is 0 Å². The van der Waals surface area contributed by atoms with Gasteiger partial charge in [-0.15, -0.1) is 0 Å². The number of esters is 1. The van der Waals surface area contributed by atoms with Crippen molar-refractivity contribution >= 4 is 17.8 Å². The van der Waals surface area contributed by atoms with Crippen LogP contribution in [0.4, 0.5) is 0 Å². The Morgan fingerprint density at radius 2 is 1.94 bits per heavy atom. The van der Waals surface area contributed by atoms with Crippen molar-refractivity contribution < 1.29 is 19.2 Å². The fourth-order valence-corrected chi connectivity index (χ4v) is 1.25. The van der Waals surface area contributed by atoms with Crippen molar-refractivity contribution in [3.8, 4) is 0 Å². The molecule has 0 aliphatic rings. The molecule has 0 aliphatic heterocycles. The number of carbonyl (C=O) groups is 2. The van der Waals surface area contributed by atoms with Gasteiger partial charge in [0.25, 0.3) is 0 Å². The summed E-state index contributed by atoms with van der Waals surface area (Å²) in [5.41, 5.74) is 0.706. The maximum Gasteiger partial charge on any atom is 0.390 e. The number of benzene rings is 1. The summed E-state index contributed by atoms with van der Waals surface area (Å²) in [6.45, 7) is 0. The normalized spacial score (nSPS) is 12.1. The highest BCUT2D eigenvalue weighted by Gasteiger charge is 2.37. The molecule has 0 radical (unpaired) electrons. The van der Waals surface area contributed by atoms with Crippen LogP contribution in [0.5, 0.6) is 0 Å². The number of nitrogens with zero attached hydrogens (tertiary/aromatic N) is 1. The molecular weight excluding hydrogens is 238 g/mol. The Kier molecular flexibility index (Phi) is 4.74. The number of ketones is 1. The largest absolute Gasteiger partial charge is 0.464 e. The van der Waals surface area contributed by atoms with Crippen LogP contribution in [0, 0.1) is 10.1 Å². The fourth-order valence-electron chi connectivity index (χ4n) is 1.25. The first-order chi connectivity index (χ1) is 8.56. The maximum atomic E-state index is 11.5. The van der Waals surface area contributed by atoms with E-state index in [1.807, 2.05) is 0 Å². The molecule has 1 atom stereocenters. The van der Waals surface area contributed by atoms with Crippen LogP contribution in [0.25, 0.3) is 6.08 Å². The van der Waals surface area contributed by atoms with Crippen LogP contribution in [0.15, 0.2) is 36.4 Å². The summed E-state index contributed by atoms with van der Waals surface area (Å²) < 4.78 is 4.21. The molecule has 6 heteroatoms. The Balaban J connectivity index is 2.83. The van der Waals surface area contributed by atoms with Crippen LogP contribution < -0.4 is 0 Å². The van der Waals surface area contributed by atoms with Gasteiger partial charge in [-0.2, -0.15) is 0 Å². The highest BCUT2D eigenvalue weighted by Crippen LogP contribution is 2.03. The molecule has 0 bridgehead atoms. The zero-order chi connectivity index (χ0) is 13.5. The van der Waals surface area contributed by atoms with E-state index in [1.54, 1.807) is 30.3 Å². The highest BCUT2D eigenvalue weighted by atomic mass is 16.6. The lowest BCUT2D eigenvalue weighted by atomic mass is 10.1. The predicted molar refractivity (Wildman–Crippen MR) is 63.3 cm³/mol. The summed E-state index contributed by atoms with van der Waals surface area (Å²) >= 11 is 0. The van der Waals surface area contributed by atoms with Crippen LogP contribution >= 0.6 is 0 Å². The molecule has 0 saturated carbocycles. The summed E-state index contributed by atoms with van der Waals surface area (Å²) in [7, 11) is 0.993. The SMILES string of the molecule is COC(=O)C(C(=O)C=Cc1ccccc1)[N+](=O)[O-]. The molecular formula is C12H11NO5. The minimum absolute atomic E-state index is 0.706. The summed E-state index contributed by atoms with van der Waals surface area (Å²) in [5.74, 6) is -2.10. The molecule has 0 amide bonds. The van der Waals surface area contributed by atoms with E-state index in [0.717, 1.165) is 13.2 Å². The summed E-state index contributed by atoms with van der Waals surface area (Å²) in [6.07, 6.45) is 2.40. The number of ether oxygens (including phenoxy) is 1. The number of rotatable bonds is 5. The van der Waals surface area contributed by atoms with E-state index in [0.29, 0.717) is 5.56 Å². The molecule has 0 aromatic heterocycles. The Labute approximate surface area is 103 Å². The van der Waals surface area contributed by atoms with Crippen molar-refractivity contribution in [1.29, 1.82) is 0 Å². The van der Waals surface area contributed by atoms with Crippen LogP contribution in [-0.4, -0.2) is 29.8 Å². The van der Waals surface area contributed by atoms with Crippen molar-refractivity contribution in [2.45, 2.75) is 6.04 Å². The summed E-state index contributed by atoms with van der Waals surface area (Å²) in [5, 5.41) is 10.6. The maximum absolute atomic E-state index is 11.5. The fraction of sp³-hybridized carbons (Fsp3) is 0.167. The minimum Gasteiger partial charge on any atom is -0.464 e. The van der Waals surface area contributed by atoms with E-state index in [2.05, 4.69) is 4.74 Å². The topological polar surface area (TPSA) is 86.5 Å². The van der Waals surface area contributed by atoms with Crippen molar-refractivity contribution in [2.24, 2.45) is 0 Å². The smallest absolute Gasteiger partial charge is 0.390 e. The molecule has 0 fully saturated rings. The summed E-state index contributed by atoms with van der Waals surface area (Å²) in [4.78, 5) is 32.3. The van der Waals surface area contributed by atoms with Gasteiger partial charge in [0.05, 0.1) is 7.11 Å². The quantitative estimate of drug-likeness (QED) is 0.256. The van der Waals surface area contributed by atoms with Gasteiger partial charge < -0.3 is 4.74 Å². The van der Waals surface area contributed by atoms with E-state index < -0.39 is 22.7 Å². The lowest BCUT2D eigenvalue weighted by Gasteiger charge is -2.02. The van der Waals surface area contributed by atoms with Crippen molar-refractivity contribution in [3.63, 3.8) is 0 Å². The number of hydrogen-bond donors (Lipinski definition) is 0. The van der Waals surface area contributed by atoms with Crippen molar-refractivity contribution in [2.75, 3.05) is 7.11 Å². The second kappa shape index (κ2) is 6.29. The first-order valence-corrected chi connectivity index (χ1v) is 5.04. The van der Waals surface area contributed by atoms with Crippen LogP contribution in [0.2, 0.25) is 0 Å². The van der Waals surface area contributed by atoms with Gasteiger partial charge in [0, 0.05) is 4.92 Å². The second-order valence-corrected chi connectivity index (χ2v) is 3.36. The molecule has 0 saturated heterocycles. The lowest BCUT2D eigenvalue weighted by molar-refractivity contribution is -0.495. The third-order valence-corrected chi connectivity index (χ3v) is 2.14. The van der Waals surface area contributed by atoms with E-state index >= 15 is 0 Å². The monoisotopic (exact) mass is 249 g/mol. The first kappa shape index (κ1) is 13.6. The van der Waals surface area contributed by atoms with Crippen LogP contribution in [0.1, 0.15) is 5.56 Å². The third-order valence-electron chi connectivity index (χ3n) is 2.14. The van der Waals surface area contributed by atoms with Crippen LogP contribution in [-0.2, 0) is 14.3 Å². The molecule has 0 spiro atoms. The molecule has 1 unspecified atom stereocenters. The molecule has 0 heterocycles. The second-order valence-electron chi connectivity index (χ2n) is 3.36. The average molecular weight is 249 g/mol. The molecule has 1 aromatic carbocycles. The Bertz CT molecular complexity index is 481. The van der Waals surface area contributed by atoms with Crippen LogP contribution in [0.3, 0.4) is 0 Å². The van der Waals surface area contributed by atoms with Gasteiger partial charge in [-0.05, 0) is 11.6 Å². The van der Waals surface area contributed by atoms with E-state index in [1.165, 1.54) is 6.08 Å². The highest BCUT2D eigenvalue weighted by molar-refractivity contribution is 6.09. The Morgan fingerprint density at radius 1 is 1.33 bits per heavy atom. The van der Waals surface area contributed by atoms with Gasteiger partial charge in [0.1, 0.15) is 0 Å². The zero-order valence-corrected chi connectivity index (χ0v) is 9.61. The molecule has 0 aliphatic carbocycles. The molecule has 1 rings (SSSR count). The van der Waals surface area contributed by atoms with Gasteiger partial charge in [0.2, 0.25) is 5.78 Å². The van der Waals surface area contributed by atoms with Gasteiger partial charge in [0.15, 0.2) is 0 Å². The molecule has 18 heavy (non-hydrogen) atoms. The number of nitro groups is 1.